The lowest BCUT2D eigenvalue weighted by Gasteiger charge is -2.18. The molecule has 0 fully saturated rings. The van der Waals surface area contributed by atoms with E-state index in [9.17, 15) is 9.59 Å². The van der Waals surface area contributed by atoms with Crippen molar-refractivity contribution in [2.75, 3.05) is 5.01 Å². The number of hydrogen-bond acceptors (Lipinski definition) is 4. The van der Waals surface area contributed by atoms with Crippen molar-refractivity contribution in [3.05, 3.63) is 62.8 Å². The normalized spacial score (nSPS) is 10.3. The van der Waals surface area contributed by atoms with E-state index in [1.54, 1.807) is 0 Å². The summed E-state index contributed by atoms with van der Waals surface area (Å²) < 4.78 is 0.986. The van der Waals surface area contributed by atoms with E-state index in [2.05, 4.69) is 4.98 Å². The number of aromatic amines is 1. The van der Waals surface area contributed by atoms with Crippen LogP contribution in [0.3, 0.4) is 0 Å². The first-order valence-corrected chi connectivity index (χ1v) is 5.44. The Hall–Kier alpha value is -2.34. The van der Waals surface area contributed by atoms with Crippen LogP contribution >= 0.6 is 0 Å². The van der Waals surface area contributed by atoms with Gasteiger partial charge < -0.3 is 0 Å². The third-order valence-electron chi connectivity index (χ3n) is 2.64. The lowest BCUT2D eigenvalue weighted by molar-refractivity contribution is 0.747. The predicted octanol–water partition coefficient (Wildman–Crippen LogP) is -0.0461. The van der Waals surface area contributed by atoms with Gasteiger partial charge >= 0.3 is 5.69 Å². The number of rotatable bonds is 3. The minimum absolute atomic E-state index is 0.298. The minimum atomic E-state index is -0.485. The molecule has 0 aliphatic rings. The van der Waals surface area contributed by atoms with Gasteiger partial charge in [0.1, 0.15) is 5.82 Å². The zero-order chi connectivity index (χ0) is 13.1. The zero-order valence-electron chi connectivity index (χ0n) is 9.96. The Balaban J connectivity index is 2.27. The molecule has 18 heavy (non-hydrogen) atoms. The summed E-state index contributed by atoms with van der Waals surface area (Å²) in [4.78, 5) is 25.5. The highest BCUT2D eigenvalue weighted by Gasteiger charge is 2.06. The van der Waals surface area contributed by atoms with Gasteiger partial charge in [-0.05, 0) is 5.56 Å². The molecule has 94 valence electrons. The van der Waals surface area contributed by atoms with Crippen LogP contribution in [0.25, 0.3) is 0 Å². The first-order valence-electron chi connectivity index (χ1n) is 5.44. The topological polar surface area (TPSA) is 84.1 Å². The molecule has 0 saturated carbocycles. The minimum Gasteiger partial charge on any atom is -0.292 e. The van der Waals surface area contributed by atoms with Gasteiger partial charge in [0.25, 0.3) is 5.56 Å². The quantitative estimate of drug-likeness (QED) is 0.587. The number of hydrogen-bond donors (Lipinski definition) is 2. The average molecular weight is 246 g/mol. The first kappa shape index (κ1) is 12.1. The molecule has 0 aliphatic carbocycles. The predicted molar refractivity (Wildman–Crippen MR) is 69.1 cm³/mol. The summed E-state index contributed by atoms with van der Waals surface area (Å²) in [7, 11) is 1.41. The molecule has 6 heteroatoms. The maximum absolute atomic E-state index is 11.5. The van der Waals surface area contributed by atoms with Gasteiger partial charge in [-0.25, -0.2) is 10.6 Å². The van der Waals surface area contributed by atoms with Crippen LogP contribution in [-0.2, 0) is 13.6 Å². The molecule has 0 amide bonds. The molecule has 2 aromatic rings. The van der Waals surface area contributed by atoms with Crippen molar-refractivity contribution < 1.29 is 0 Å². The van der Waals surface area contributed by atoms with Gasteiger partial charge in [-0.15, -0.1) is 0 Å². The van der Waals surface area contributed by atoms with Crippen molar-refractivity contribution in [1.82, 2.24) is 9.55 Å². The molecule has 0 unspecified atom stereocenters. The lowest BCUT2D eigenvalue weighted by Crippen LogP contribution is -2.38. The number of nitrogens with one attached hydrogen (secondary N) is 1. The number of H-pyrrole nitrogens is 1. The molecule has 0 spiro atoms. The molecule has 1 aromatic carbocycles. The number of nitrogens with zero attached hydrogens (tertiary/aromatic N) is 2. The second-order valence-corrected chi connectivity index (χ2v) is 3.97. The Morgan fingerprint density at radius 3 is 2.56 bits per heavy atom. The van der Waals surface area contributed by atoms with Gasteiger partial charge in [-0.2, -0.15) is 0 Å². The molecule has 6 nitrogen and oxygen atoms in total. The SMILES string of the molecule is Cn1c(=O)cc(N(N)Cc2ccccc2)[nH]c1=O. The molecule has 1 aromatic heterocycles. The Morgan fingerprint density at radius 1 is 1.28 bits per heavy atom. The van der Waals surface area contributed by atoms with Gasteiger partial charge in [0.05, 0.1) is 6.54 Å². The van der Waals surface area contributed by atoms with Crippen molar-refractivity contribution in [2.24, 2.45) is 12.9 Å². The number of hydrazine groups is 1. The molecule has 0 radical (unpaired) electrons. The Kier molecular flexibility index (Phi) is 3.29. The summed E-state index contributed by atoms with van der Waals surface area (Å²) in [5, 5.41) is 1.33. The largest absolute Gasteiger partial charge is 0.329 e. The van der Waals surface area contributed by atoms with Crippen LogP contribution in [-0.4, -0.2) is 9.55 Å². The molecule has 0 bridgehead atoms. The number of aromatic nitrogens is 2. The summed E-state index contributed by atoms with van der Waals surface area (Å²) in [6.45, 7) is 0.407. The van der Waals surface area contributed by atoms with E-state index in [1.807, 2.05) is 30.3 Å². The van der Waals surface area contributed by atoms with Crippen LogP contribution < -0.4 is 22.1 Å². The second-order valence-electron chi connectivity index (χ2n) is 3.97. The third kappa shape index (κ3) is 2.49. The maximum Gasteiger partial charge on any atom is 0.329 e. The molecule has 3 N–H and O–H groups in total. The molecule has 2 rings (SSSR count). The average Bonchev–Trinajstić information content (AvgIpc) is 2.36. The van der Waals surface area contributed by atoms with Gasteiger partial charge in [-0.3, -0.25) is 19.4 Å². The first-order chi connectivity index (χ1) is 8.58. The number of benzene rings is 1. The van der Waals surface area contributed by atoms with Crippen LogP contribution in [0.1, 0.15) is 5.56 Å². The molecular formula is C12H14N4O2. The summed E-state index contributed by atoms with van der Waals surface area (Å²) in [5.41, 5.74) is 0.111. The highest BCUT2D eigenvalue weighted by Crippen LogP contribution is 2.06. The van der Waals surface area contributed by atoms with Crippen LogP contribution in [0.2, 0.25) is 0 Å². The van der Waals surface area contributed by atoms with Crippen LogP contribution in [0, 0.1) is 0 Å². The fraction of sp³-hybridized carbons (Fsp3) is 0.167. The van der Waals surface area contributed by atoms with E-state index in [-0.39, 0.29) is 0 Å². The van der Waals surface area contributed by atoms with Crippen molar-refractivity contribution in [1.29, 1.82) is 0 Å². The Labute approximate surface area is 103 Å². The number of anilines is 1. The smallest absolute Gasteiger partial charge is 0.292 e. The second kappa shape index (κ2) is 4.89. The fourth-order valence-electron chi connectivity index (χ4n) is 1.56. The molecule has 1 heterocycles. The standard InChI is InChI=1S/C12H14N4O2/c1-15-11(17)7-10(14-12(15)18)16(13)8-9-5-3-2-4-6-9/h2-7H,8,13H2,1H3,(H,14,18). The van der Waals surface area contributed by atoms with Crippen molar-refractivity contribution >= 4 is 5.82 Å². The van der Waals surface area contributed by atoms with Crippen LogP contribution in [0.4, 0.5) is 5.82 Å². The summed E-state index contributed by atoms with van der Waals surface area (Å²) >= 11 is 0. The van der Waals surface area contributed by atoms with E-state index in [1.165, 1.54) is 18.1 Å². The van der Waals surface area contributed by atoms with Gasteiger partial charge in [0.2, 0.25) is 0 Å². The Bertz CT molecular complexity index is 614. The monoisotopic (exact) mass is 246 g/mol. The molecule has 0 atom stereocenters. The van der Waals surface area contributed by atoms with Crippen molar-refractivity contribution in [3.8, 4) is 0 Å². The summed E-state index contributed by atoms with van der Waals surface area (Å²) in [6, 6.07) is 10.8. The van der Waals surface area contributed by atoms with Gasteiger partial charge in [0, 0.05) is 13.1 Å². The van der Waals surface area contributed by atoms with E-state index in [0.717, 1.165) is 10.1 Å². The van der Waals surface area contributed by atoms with Gasteiger partial charge in [-0.1, -0.05) is 30.3 Å². The molecule has 0 saturated heterocycles. The van der Waals surface area contributed by atoms with E-state index in [4.69, 9.17) is 5.84 Å². The van der Waals surface area contributed by atoms with E-state index >= 15 is 0 Å². The fourth-order valence-corrected chi connectivity index (χ4v) is 1.56. The maximum atomic E-state index is 11.5. The third-order valence-corrected chi connectivity index (χ3v) is 2.64. The van der Waals surface area contributed by atoms with Gasteiger partial charge in [0.15, 0.2) is 0 Å². The van der Waals surface area contributed by atoms with E-state index in [0.29, 0.717) is 12.4 Å². The summed E-state index contributed by atoms with van der Waals surface area (Å²) in [5.74, 6) is 6.13. The highest BCUT2D eigenvalue weighted by molar-refractivity contribution is 5.35. The molecular weight excluding hydrogens is 232 g/mol. The highest BCUT2D eigenvalue weighted by atomic mass is 16.2. The van der Waals surface area contributed by atoms with E-state index < -0.39 is 11.2 Å². The van der Waals surface area contributed by atoms with Crippen molar-refractivity contribution in [2.45, 2.75) is 6.54 Å². The van der Waals surface area contributed by atoms with Crippen LogP contribution in [0.15, 0.2) is 46.0 Å². The zero-order valence-corrected chi connectivity index (χ0v) is 9.96. The lowest BCUT2D eigenvalue weighted by atomic mass is 10.2. The van der Waals surface area contributed by atoms with Crippen molar-refractivity contribution in [3.63, 3.8) is 0 Å². The summed E-state index contributed by atoms with van der Waals surface area (Å²) in [6.07, 6.45) is 0. The molecule has 0 aliphatic heterocycles. The Morgan fingerprint density at radius 2 is 1.94 bits per heavy atom. The van der Waals surface area contributed by atoms with Crippen LogP contribution in [0.5, 0.6) is 0 Å². The number of nitrogens with two attached hydrogens (primary N) is 1.